The first-order valence-corrected chi connectivity index (χ1v) is 8.75. The van der Waals surface area contributed by atoms with Crippen LogP contribution in [0.4, 0.5) is 5.95 Å². The van der Waals surface area contributed by atoms with E-state index in [1.54, 1.807) is 0 Å². The number of hydrazone groups is 1. The van der Waals surface area contributed by atoms with Gasteiger partial charge in [0.15, 0.2) is 0 Å². The van der Waals surface area contributed by atoms with E-state index in [9.17, 15) is 0 Å². The van der Waals surface area contributed by atoms with Gasteiger partial charge in [-0.25, -0.2) is 10.4 Å². The second kappa shape index (κ2) is 6.88. The smallest absolute Gasteiger partial charge is 0.224 e. The van der Waals surface area contributed by atoms with Crippen molar-refractivity contribution in [2.75, 3.05) is 5.43 Å². The van der Waals surface area contributed by atoms with Gasteiger partial charge in [-0.05, 0) is 25.1 Å². The predicted octanol–water partition coefficient (Wildman–Crippen LogP) is 4.64. The summed E-state index contributed by atoms with van der Waals surface area (Å²) in [6.07, 6.45) is 5.84. The Balaban J connectivity index is 1.65. The first-order chi connectivity index (χ1) is 12.8. The molecule has 0 saturated heterocycles. The zero-order valence-electron chi connectivity index (χ0n) is 14.8. The topological polar surface area (TPSA) is 47.1 Å². The van der Waals surface area contributed by atoms with Crippen LogP contribution in [0.1, 0.15) is 12.5 Å². The molecule has 0 aliphatic carbocycles. The van der Waals surface area contributed by atoms with Crippen LogP contribution in [-0.2, 0) is 13.1 Å². The fourth-order valence-corrected chi connectivity index (χ4v) is 3.31. The number of allylic oxidation sites excluding steroid dienone is 1. The third kappa shape index (κ3) is 2.77. The van der Waals surface area contributed by atoms with E-state index in [2.05, 4.69) is 62.5 Å². The van der Waals surface area contributed by atoms with Gasteiger partial charge in [0.05, 0.1) is 17.2 Å². The molecule has 0 spiro atoms. The van der Waals surface area contributed by atoms with Gasteiger partial charge in [-0.2, -0.15) is 5.10 Å². The predicted molar refractivity (Wildman–Crippen MR) is 109 cm³/mol. The maximum Gasteiger partial charge on any atom is 0.224 e. The van der Waals surface area contributed by atoms with Crippen molar-refractivity contribution in [2.45, 2.75) is 20.0 Å². The number of anilines is 1. The summed E-state index contributed by atoms with van der Waals surface area (Å²) >= 11 is 0. The van der Waals surface area contributed by atoms with E-state index in [-0.39, 0.29) is 0 Å². The van der Waals surface area contributed by atoms with E-state index in [1.807, 2.05) is 42.6 Å². The van der Waals surface area contributed by atoms with Gasteiger partial charge in [0.2, 0.25) is 5.95 Å². The maximum atomic E-state index is 4.63. The molecule has 5 heteroatoms. The van der Waals surface area contributed by atoms with Crippen molar-refractivity contribution in [3.05, 3.63) is 72.9 Å². The Bertz CT molecular complexity index is 1100. The van der Waals surface area contributed by atoms with Crippen molar-refractivity contribution in [1.82, 2.24) is 14.1 Å². The zero-order valence-corrected chi connectivity index (χ0v) is 14.8. The van der Waals surface area contributed by atoms with E-state index in [4.69, 9.17) is 0 Å². The summed E-state index contributed by atoms with van der Waals surface area (Å²) in [5, 5.41) is 5.61. The van der Waals surface area contributed by atoms with Crippen molar-refractivity contribution < 1.29 is 0 Å². The molecule has 0 radical (unpaired) electrons. The number of para-hydroxylation sites is 3. The summed E-state index contributed by atoms with van der Waals surface area (Å²) in [4.78, 5) is 4.63. The molecule has 130 valence electrons. The molecule has 4 aromatic rings. The standard InChI is InChI=1S/C21H21N5/c1-3-13-25-15-16(17-9-5-7-11-19(17)25)14-22-24-21-23-18-10-6-8-12-20(18)26(21)4-2/h3,5-12,14-15H,1,4,13H2,2H3,(H,23,24)/b22-14-. The van der Waals surface area contributed by atoms with Crippen molar-refractivity contribution in [1.29, 1.82) is 0 Å². The summed E-state index contributed by atoms with van der Waals surface area (Å²) in [7, 11) is 0. The van der Waals surface area contributed by atoms with Gasteiger partial charge in [-0.15, -0.1) is 6.58 Å². The maximum absolute atomic E-state index is 4.63. The molecular formula is C21H21N5. The number of hydrogen-bond acceptors (Lipinski definition) is 3. The molecule has 2 heterocycles. The highest BCUT2D eigenvalue weighted by molar-refractivity contribution is 5.99. The van der Waals surface area contributed by atoms with Crippen LogP contribution < -0.4 is 5.43 Å². The Labute approximate surface area is 152 Å². The molecule has 0 saturated carbocycles. The first-order valence-electron chi connectivity index (χ1n) is 8.75. The fraction of sp³-hybridized carbons (Fsp3) is 0.143. The number of imidazole rings is 1. The van der Waals surface area contributed by atoms with Crippen molar-refractivity contribution in [3.8, 4) is 0 Å². The highest BCUT2D eigenvalue weighted by Crippen LogP contribution is 2.21. The van der Waals surface area contributed by atoms with Crippen molar-refractivity contribution in [2.24, 2.45) is 5.10 Å². The SMILES string of the molecule is C=CCn1cc(/C=N\Nc2nc3ccccc3n2CC)c2ccccc21. The molecule has 0 amide bonds. The molecule has 0 fully saturated rings. The average Bonchev–Trinajstić information content (AvgIpc) is 3.20. The Morgan fingerprint density at radius 1 is 1.12 bits per heavy atom. The number of aryl methyl sites for hydroxylation is 1. The molecule has 0 bridgehead atoms. The molecule has 2 aromatic carbocycles. The second-order valence-corrected chi connectivity index (χ2v) is 6.08. The third-order valence-electron chi connectivity index (χ3n) is 4.48. The summed E-state index contributed by atoms with van der Waals surface area (Å²) in [5.74, 6) is 0.750. The normalized spacial score (nSPS) is 11.6. The van der Waals surface area contributed by atoms with Crippen LogP contribution in [0, 0.1) is 0 Å². The molecule has 0 aliphatic heterocycles. The van der Waals surface area contributed by atoms with Gasteiger partial charge in [-0.3, -0.25) is 0 Å². The first kappa shape index (κ1) is 16.1. The van der Waals surface area contributed by atoms with Gasteiger partial charge in [0, 0.05) is 35.8 Å². The van der Waals surface area contributed by atoms with Crippen LogP contribution in [-0.4, -0.2) is 20.3 Å². The van der Waals surface area contributed by atoms with E-state index in [0.29, 0.717) is 0 Å². The quantitative estimate of drug-likeness (QED) is 0.315. The van der Waals surface area contributed by atoms with Crippen LogP contribution >= 0.6 is 0 Å². The van der Waals surface area contributed by atoms with Crippen LogP contribution in [0.15, 0.2) is 72.5 Å². The lowest BCUT2D eigenvalue weighted by molar-refractivity contribution is 0.791. The van der Waals surface area contributed by atoms with Crippen LogP contribution in [0.5, 0.6) is 0 Å². The molecule has 5 nitrogen and oxygen atoms in total. The van der Waals surface area contributed by atoms with Crippen LogP contribution in [0.2, 0.25) is 0 Å². The molecule has 1 N–H and O–H groups in total. The zero-order chi connectivity index (χ0) is 17.9. The lowest BCUT2D eigenvalue weighted by Gasteiger charge is -2.04. The van der Waals surface area contributed by atoms with Gasteiger partial charge >= 0.3 is 0 Å². The number of benzene rings is 2. The second-order valence-electron chi connectivity index (χ2n) is 6.08. The Kier molecular flexibility index (Phi) is 4.27. The Morgan fingerprint density at radius 3 is 2.69 bits per heavy atom. The minimum absolute atomic E-state index is 0.750. The summed E-state index contributed by atoms with van der Waals surface area (Å²) in [5.41, 5.74) is 7.41. The lowest BCUT2D eigenvalue weighted by Crippen LogP contribution is -2.01. The van der Waals surface area contributed by atoms with E-state index in [1.165, 1.54) is 10.9 Å². The number of fused-ring (bicyclic) bond motifs is 2. The molecule has 2 aromatic heterocycles. The summed E-state index contributed by atoms with van der Waals surface area (Å²) in [6, 6.07) is 16.4. The van der Waals surface area contributed by atoms with Gasteiger partial charge < -0.3 is 9.13 Å². The van der Waals surface area contributed by atoms with E-state index in [0.717, 1.165) is 35.6 Å². The molecule has 0 aliphatic rings. The van der Waals surface area contributed by atoms with Gasteiger partial charge in [0.25, 0.3) is 0 Å². The molecule has 4 rings (SSSR count). The van der Waals surface area contributed by atoms with Gasteiger partial charge in [0.1, 0.15) is 0 Å². The number of hydrogen-bond donors (Lipinski definition) is 1. The van der Waals surface area contributed by atoms with Crippen LogP contribution in [0.3, 0.4) is 0 Å². The van der Waals surface area contributed by atoms with E-state index >= 15 is 0 Å². The number of aromatic nitrogens is 3. The number of rotatable bonds is 6. The van der Waals surface area contributed by atoms with Gasteiger partial charge in [-0.1, -0.05) is 36.4 Å². The highest BCUT2D eigenvalue weighted by Gasteiger charge is 2.08. The highest BCUT2D eigenvalue weighted by atomic mass is 15.4. The monoisotopic (exact) mass is 343 g/mol. The largest absolute Gasteiger partial charge is 0.343 e. The van der Waals surface area contributed by atoms with Crippen LogP contribution in [0.25, 0.3) is 21.9 Å². The Hall–Kier alpha value is -3.34. The van der Waals surface area contributed by atoms with Crippen molar-refractivity contribution >= 4 is 34.1 Å². The summed E-state index contributed by atoms with van der Waals surface area (Å²) < 4.78 is 4.29. The third-order valence-corrected chi connectivity index (χ3v) is 4.48. The molecule has 0 atom stereocenters. The molecule has 0 unspecified atom stereocenters. The Morgan fingerprint density at radius 2 is 1.88 bits per heavy atom. The average molecular weight is 343 g/mol. The number of nitrogens with one attached hydrogen (secondary N) is 1. The molecular weight excluding hydrogens is 322 g/mol. The summed E-state index contributed by atoms with van der Waals surface area (Å²) in [6.45, 7) is 7.54. The van der Waals surface area contributed by atoms with E-state index < -0.39 is 0 Å². The lowest BCUT2D eigenvalue weighted by atomic mass is 10.2. The minimum Gasteiger partial charge on any atom is -0.343 e. The number of nitrogens with zero attached hydrogens (tertiary/aromatic N) is 4. The fourth-order valence-electron chi connectivity index (χ4n) is 3.31. The minimum atomic E-state index is 0.750. The molecule has 26 heavy (non-hydrogen) atoms. The van der Waals surface area contributed by atoms with Crippen molar-refractivity contribution in [3.63, 3.8) is 0 Å².